The van der Waals surface area contributed by atoms with E-state index in [9.17, 15) is 9.59 Å². The molecule has 1 atom stereocenters. The Morgan fingerprint density at radius 3 is 2.65 bits per heavy atom. The van der Waals surface area contributed by atoms with Gasteiger partial charge in [-0.25, -0.2) is 5.10 Å². The SMILES string of the molecule is CC(CN(C)C)NC(=O)c1n[nH]c(=O)c2ccccc12. The molecule has 0 aliphatic rings. The number of aromatic amines is 1. The zero-order chi connectivity index (χ0) is 14.7. The molecule has 20 heavy (non-hydrogen) atoms. The molecule has 2 aromatic rings. The fourth-order valence-corrected chi connectivity index (χ4v) is 2.17. The Hall–Kier alpha value is -2.21. The van der Waals surface area contributed by atoms with Gasteiger partial charge in [0, 0.05) is 18.0 Å². The average Bonchev–Trinajstić information content (AvgIpc) is 2.38. The maximum Gasteiger partial charge on any atom is 0.272 e. The Kier molecular flexibility index (Phi) is 4.14. The van der Waals surface area contributed by atoms with Crippen molar-refractivity contribution in [1.82, 2.24) is 20.4 Å². The highest BCUT2D eigenvalue weighted by Gasteiger charge is 2.16. The van der Waals surface area contributed by atoms with Gasteiger partial charge in [0.1, 0.15) is 0 Å². The van der Waals surface area contributed by atoms with Gasteiger partial charge in [0.05, 0.1) is 5.39 Å². The first-order valence-electron chi connectivity index (χ1n) is 6.42. The van der Waals surface area contributed by atoms with Crippen LogP contribution in [-0.4, -0.2) is 47.7 Å². The lowest BCUT2D eigenvalue weighted by atomic mass is 10.1. The summed E-state index contributed by atoms with van der Waals surface area (Å²) in [5.74, 6) is -0.285. The third-order valence-corrected chi connectivity index (χ3v) is 2.93. The number of aromatic nitrogens is 2. The van der Waals surface area contributed by atoms with Crippen molar-refractivity contribution in [2.75, 3.05) is 20.6 Å². The summed E-state index contributed by atoms with van der Waals surface area (Å²) in [6.07, 6.45) is 0. The fourth-order valence-electron chi connectivity index (χ4n) is 2.17. The minimum Gasteiger partial charge on any atom is -0.347 e. The summed E-state index contributed by atoms with van der Waals surface area (Å²) in [5.41, 5.74) is -0.0516. The molecule has 1 amide bonds. The van der Waals surface area contributed by atoms with E-state index in [0.717, 1.165) is 6.54 Å². The Labute approximate surface area is 116 Å². The fraction of sp³-hybridized carbons (Fsp3) is 0.357. The van der Waals surface area contributed by atoms with Crippen LogP contribution in [0.25, 0.3) is 10.8 Å². The highest BCUT2D eigenvalue weighted by Crippen LogP contribution is 2.12. The Balaban J connectivity index is 2.31. The van der Waals surface area contributed by atoms with Crippen molar-refractivity contribution in [3.63, 3.8) is 0 Å². The lowest BCUT2D eigenvalue weighted by molar-refractivity contribution is 0.0930. The summed E-state index contributed by atoms with van der Waals surface area (Å²) in [5, 5.41) is 10.1. The second kappa shape index (κ2) is 5.83. The van der Waals surface area contributed by atoms with Crippen molar-refractivity contribution in [2.45, 2.75) is 13.0 Å². The Morgan fingerprint density at radius 2 is 2.00 bits per heavy atom. The van der Waals surface area contributed by atoms with Crippen LogP contribution in [0.15, 0.2) is 29.1 Å². The van der Waals surface area contributed by atoms with Gasteiger partial charge in [-0.2, -0.15) is 5.10 Å². The van der Waals surface area contributed by atoms with E-state index in [2.05, 4.69) is 15.5 Å². The zero-order valence-corrected chi connectivity index (χ0v) is 11.8. The molecule has 106 valence electrons. The number of nitrogens with zero attached hydrogens (tertiary/aromatic N) is 2. The van der Waals surface area contributed by atoms with E-state index in [1.54, 1.807) is 24.3 Å². The van der Waals surface area contributed by atoms with Crippen molar-refractivity contribution in [2.24, 2.45) is 0 Å². The third-order valence-electron chi connectivity index (χ3n) is 2.93. The number of carbonyl (C=O) groups is 1. The average molecular weight is 274 g/mol. The van der Waals surface area contributed by atoms with E-state index in [1.165, 1.54) is 0 Å². The monoisotopic (exact) mass is 274 g/mol. The van der Waals surface area contributed by atoms with Gasteiger partial charge in [-0.1, -0.05) is 18.2 Å². The van der Waals surface area contributed by atoms with Crippen molar-refractivity contribution < 1.29 is 4.79 Å². The number of hydrogen-bond donors (Lipinski definition) is 2. The van der Waals surface area contributed by atoms with Crippen molar-refractivity contribution in [3.8, 4) is 0 Å². The first kappa shape index (κ1) is 14.2. The highest BCUT2D eigenvalue weighted by molar-refractivity contribution is 6.04. The minimum absolute atomic E-state index is 0.00927. The lowest BCUT2D eigenvalue weighted by Crippen LogP contribution is -2.40. The maximum atomic E-state index is 12.2. The predicted octanol–water partition coefficient (Wildman–Crippen LogP) is 0.603. The standard InChI is InChI=1S/C14H18N4O2/c1-9(8-18(2)3)15-14(20)12-10-6-4-5-7-11(10)13(19)17-16-12/h4-7,9H,8H2,1-3H3,(H,15,20)(H,17,19). The van der Waals surface area contributed by atoms with Crippen LogP contribution in [0.1, 0.15) is 17.4 Å². The normalized spacial score (nSPS) is 12.6. The van der Waals surface area contributed by atoms with Crippen molar-refractivity contribution in [1.29, 1.82) is 0 Å². The molecule has 1 aromatic heterocycles. The number of rotatable bonds is 4. The van der Waals surface area contributed by atoms with E-state index in [0.29, 0.717) is 10.8 Å². The molecule has 0 saturated heterocycles. The Bertz CT molecular complexity index is 678. The van der Waals surface area contributed by atoms with Crippen LogP contribution >= 0.6 is 0 Å². The molecular formula is C14H18N4O2. The van der Waals surface area contributed by atoms with Crippen molar-refractivity contribution >= 4 is 16.7 Å². The third kappa shape index (κ3) is 3.03. The number of nitrogens with one attached hydrogen (secondary N) is 2. The number of likely N-dealkylation sites (N-methyl/N-ethyl adjacent to an activating group) is 1. The lowest BCUT2D eigenvalue weighted by Gasteiger charge is -2.18. The van der Waals surface area contributed by atoms with Crippen LogP contribution in [0.5, 0.6) is 0 Å². The summed E-state index contributed by atoms with van der Waals surface area (Å²) < 4.78 is 0. The van der Waals surface area contributed by atoms with Crippen LogP contribution in [0.3, 0.4) is 0 Å². The van der Waals surface area contributed by atoms with E-state index in [1.807, 2.05) is 25.9 Å². The topological polar surface area (TPSA) is 78.1 Å². The molecule has 2 rings (SSSR count). The molecule has 6 nitrogen and oxygen atoms in total. The summed E-state index contributed by atoms with van der Waals surface area (Å²) in [6, 6.07) is 6.93. The first-order valence-corrected chi connectivity index (χ1v) is 6.42. The minimum atomic E-state index is -0.293. The molecule has 1 heterocycles. The van der Waals surface area contributed by atoms with Gasteiger partial charge in [0.25, 0.3) is 11.5 Å². The molecular weight excluding hydrogens is 256 g/mol. The molecule has 1 aromatic carbocycles. The molecule has 0 fully saturated rings. The second-order valence-corrected chi connectivity index (χ2v) is 5.08. The van der Waals surface area contributed by atoms with Gasteiger partial charge in [-0.3, -0.25) is 9.59 Å². The van der Waals surface area contributed by atoms with Crippen LogP contribution in [0.2, 0.25) is 0 Å². The van der Waals surface area contributed by atoms with Crippen molar-refractivity contribution in [3.05, 3.63) is 40.3 Å². The van der Waals surface area contributed by atoms with Crippen LogP contribution < -0.4 is 10.9 Å². The Morgan fingerprint density at radius 1 is 1.35 bits per heavy atom. The van der Waals surface area contributed by atoms with Gasteiger partial charge in [-0.15, -0.1) is 0 Å². The van der Waals surface area contributed by atoms with Gasteiger partial charge in [-0.05, 0) is 27.1 Å². The maximum absolute atomic E-state index is 12.2. The molecule has 1 unspecified atom stereocenters. The molecule has 0 aliphatic carbocycles. The van der Waals surface area contributed by atoms with Gasteiger partial charge in [0.15, 0.2) is 5.69 Å². The number of H-pyrrole nitrogens is 1. The van der Waals surface area contributed by atoms with E-state index in [4.69, 9.17) is 0 Å². The summed E-state index contributed by atoms with van der Waals surface area (Å²) >= 11 is 0. The number of amides is 1. The summed E-state index contributed by atoms with van der Waals surface area (Å²) in [4.78, 5) is 25.9. The zero-order valence-electron chi connectivity index (χ0n) is 11.8. The summed E-state index contributed by atoms with van der Waals surface area (Å²) in [6.45, 7) is 2.65. The second-order valence-electron chi connectivity index (χ2n) is 5.08. The van der Waals surface area contributed by atoms with Gasteiger partial charge < -0.3 is 10.2 Å². The highest BCUT2D eigenvalue weighted by atomic mass is 16.2. The first-order chi connectivity index (χ1) is 9.49. The molecule has 0 saturated carbocycles. The molecule has 6 heteroatoms. The molecule has 2 N–H and O–H groups in total. The quantitative estimate of drug-likeness (QED) is 0.856. The molecule has 0 bridgehead atoms. The number of fused-ring (bicyclic) bond motifs is 1. The molecule has 0 spiro atoms. The summed E-state index contributed by atoms with van der Waals surface area (Å²) in [7, 11) is 3.88. The van der Waals surface area contributed by atoms with Crippen LogP contribution in [0, 0.1) is 0 Å². The largest absolute Gasteiger partial charge is 0.347 e. The van der Waals surface area contributed by atoms with Gasteiger partial charge >= 0.3 is 0 Å². The number of carbonyl (C=O) groups excluding carboxylic acids is 1. The predicted molar refractivity (Wildman–Crippen MR) is 77.8 cm³/mol. The smallest absolute Gasteiger partial charge is 0.272 e. The van der Waals surface area contributed by atoms with E-state index >= 15 is 0 Å². The van der Waals surface area contributed by atoms with E-state index < -0.39 is 0 Å². The van der Waals surface area contributed by atoms with E-state index in [-0.39, 0.29) is 23.2 Å². The van der Waals surface area contributed by atoms with Crippen LogP contribution in [-0.2, 0) is 0 Å². The number of hydrogen-bond acceptors (Lipinski definition) is 4. The molecule has 0 aliphatic heterocycles. The number of benzene rings is 1. The molecule has 0 radical (unpaired) electrons. The van der Waals surface area contributed by atoms with Crippen LogP contribution in [0.4, 0.5) is 0 Å². The van der Waals surface area contributed by atoms with Gasteiger partial charge in [0.2, 0.25) is 0 Å².